The third-order valence-electron chi connectivity index (χ3n) is 2.36. The van der Waals surface area contributed by atoms with Crippen LogP contribution in [-0.4, -0.2) is 62.5 Å². The smallest absolute Gasteiger partial charge is 0.323 e. The highest BCUT2D eigenvalue weighted by Gasteiger charge is 2.28. The van der Waals surface area contributed by atoms with Crippen LogP contribution in [0.4, 0.5) is 0 Å². The molecule has 2 unspecified atom stereocenters. The Kier molecular flexibility index (Phi) is 8.81. The molecule has 0 saturated carbocycles. The van der Waals surface area contributed by atoms with E-state index in [1.54, 1.807) is 27.9 Å². The Morgan fingerprint density at radius 2 is 1.87 bits per heavy atom. The van der Waals surface area contributed by atoms with Crippen LogP contribution in [0, 0.1) is 0 Å². The molecule has 0 aliphatic heterocycles. The molecular formula is C12H27N6O4P. The number of nitrogens with zero attached hydrogens (tertiary/aromatic N) is 3. The van der Waals surface area contributed by atoms with Gasteiger partial charge in [0, 0.05) is 21.2 Å². The number of esters is 1. The van der Waals surface area contributed by atoms with Crippen molar-refractivity contribution < 1.29 is 18.8 Å². The molecule has 0 aromatic carbocycles. The molecule has 0 aliphatic rings. The summed E-state index contributed by atoms with van der Waals surface area (Å²) in [6.45, 7) is 4.94. The van der Waals surface area contributed by atoms with Gasteiger partial charge >= 0.3 is 5.97 Å². The molecule has 0 fully saturated rings. The van der Waals surface area contributed by atoms with Crippen molar-refractivity contribution >= 4 is 25.3 Å². The third-order valence-corrected chi connectivity index (χ3v) is 4.28. The van der Waals surface area contributed by atoms with Crippen LogP contribution in [0.3, 0.4) is 0 Å². The van der Waals surface area contributed by atoms with Crippen molar-refractivity contribution in [2.24, 2.45) is 21.2 Å². The Morgan fingerprint density at radius 1 is 1.30 bits per heavy atom. The van der Waals surface area contributed by atoms with E-state index in [0.29, 0.717) is 0 Å². The lowest BCUT2D eigenvalue weighted by Gasteiger charge is -2.20. The predicted octanol–water partition coefficient (Wildman–Crippen LogP) is -0.0959. The Labute approximate surface area is 136 Å². The lowest BCUT2D eigenvalue weighted by Crippen LogP contribution is -2.35. The number of ether oxygens (including phenoxy) is 2. The van der Waals surface area contributed by atoms with Crippen LogP contribution in [0.2, 0.25) is 0 Å². The second-order valence-corrected chi connectivity index (χ2v) is 7.40. The summed E-state index contributed by atoms with van der Waals surface area (Å²) in [7, 11) is 1.19. The van der Waals surface area contributed by atoms with E-state index in [0.717, 1.165) is 0 Å². The molecular weight excluding hydrogens is 323 g/mol. The lowest BCUT2D eigenvalue weighted by atomic mass is 10.4. The van der Waals surface area contributed by atoms with E-state index in [-0.39, 0.29) is 24.4 Å². The third kappa shape index (κ3) is 8.53. The number of methoxy groups -OCH3 is 1. The van der Waals surface area contributed by atoms with E-state index in [1.807, 2.05) is 0 Å². The average molecular weight is 350 g/mol. The number of hydrogen-bond acceptors (Lipinski definition) is 4. The van der Waals surface area contributed by atoms with Gasteiger partial charge in [-0.05, 0) is 20.8 Å². The highest BCUT2D eigenvalue weighted by atomic mass is 31.2. The number of nitrogens with one attached hydrogen (secondary N) is 1. The molecule has 0 saturated heterocycles. The van der Waals surface area contributed by atoms with E-state index >= 15 is 0 Å². The van der Waals surface area contributed by atoms with E-state index in [4.69, 9.17) is 20.9 Å². The fourth-order valence-corrected chi connectivity index (χ4v) is 2.99. The monoisotopic (exact) mass is 350 g/mol. The van der Waals surface area contributed by atoms with Gasteiger partial charge in [-0.1, -0.05) is 0 Å². The molecule has 23 heavy (non-hydrogen) atoms. The molecule has 134 valence electrons. The van der Waals surface area contributed by atoms with Gasteiger partial charge in [0.15, 0.2) is 5.96 Å². The fraction of sp³-hybridized carbons (Fsp3) is 0.750. The summed E-state index contributed by atoms with van der Waals surface area (Å²) < 4.78 is 26.5. The van der Waals surface area contributed by atoms with Crippen molar-refractivity contribution in [1.29, 1.82) is 0 Å². The molecule has 0 spiro atoms. The van der Waals surface area contributed by atoms with Crippen LogP contribution < -0.4 is 16.6 Å². The summed E-state index contributed by atoms with van der Waals surface area (Å²) in [5, 5.41) is 2.60. The van der Waals surface area contributed by atoms with Gasteiger partial charge in [0.05, 0.1) is 6.10 Å². The molecule has 2 atom stereocenters. The SMILES string of the molecule is COCP(=O)(N=C(N)N=C(N)N(C)C)NC(C)C(=O)OC(C)C. The van der Waals surface area contributed by atoms with Crippen molar-refractivity contribution in [1.82, 2.24) is 9.99 Å². The zero-order chi connectivity index (χ0) is 18.2. The van der Waals surface area contributed by atoms with Gasteiger partial charge in [-0.3, -0.25) is 9.36 Å². The predicted molar refractivity (Wildman–Crippen MR) is 90.2 cm³/mol. The quantitative estimate of drug-likeness (QED) is 0.250. The first kappa shape index (κ1) is 21.4. The number of carbonyl (C=O) groups excluding carboxylic acids is 1. The number of rotatable bonds is 7. The highest BCUT2D eigenvalue weighted by molar-refractivity contribution is 7.60. The lowest BCUT2D eigenvalue weighted by molar-refractivity contribution is -0.148. The first-order valence-electron chi connectivity index (χ1n) is 6.94. The standard InChI is InChI=1S/C12H27N6O4P/c1-8(2)22-10(19)9(3)16-23(20,7-21-6)17-11(13)15-12(14)18(4)5/h8-9H,7H2,1-6H3,(H5,13,14,15,16,17,20). The van der Waals surface area contributed by atoms with Crippen LogP contribution in [0.5, 0.6) is 0 Å². The molecule has 0 aromatic rings. The number of hydrogen-bond donors (Lipinski definition) is 3. The minimum atomic E-state index is -3.51. The zero-order valence-electron chi connectivity index (χ0n) is 14.4. The van der Waals surface area contributed by atoms with E-state index in [1.165, 1.54) is 18.9 Å². The van der Waals surface area contributed by atoms with Gasteiger partial charge < -0.3 is 25.8 Å². The van der Waals surface area contributed by atoms with E-state index in [9.17, 15) is 9.36 Å². The van der Waals surface area contributed by atoms with Crippen LogP contribution >= 0.6 is 7.44 Å². The first-order chi connectivity index (χ1) is 10.5. The molecule has 0 radical (unpaired) electrons. The van der Waals surface area contributed by atoms with Crippen molar-refractivity contribution in [3.05, 3.63) is 0 Å². The van der Waals surface area contributed by atoms with Crippen molar-refractivity contribution in [2.75, 3.05) is 27.6 Å². The zero-order valence-corrected chi connectivity index (χ0v) is 15.3. The number of nitrogens with two attached hydrogens (primary N) is 2. The van der Waals surface area contributed by atoms with Crippen molar-refractivity contribution in [2.45, 2.75) is 32.9 Å². The summed E-state index contributed by atoms with van der Waals surface area (Å²) in [5.41, 5.74) is 11.2. The summed E-state index contributed by atoms with van der Waals surface area (Å²) in [4.78, 5) is 17.1. The average Bonchev–Trinajstić information content (AvgIpc) is 2.36. The fourth-order valence-electron chi connectivity index (χ4n) is 1.36. The van der Waals surface area contributed by atoms with Crippen LogP contribution in [-0.2, 0) is 18.8 Å². The second-order valence-electron chi connectivity index (χ2n) is 5.28. The highest BCUT2D eigenvalue weighted by Crippen LogP contribution is 2.43. The van der Waals surface area contributed by atoms with Crippen molar-refractivity contribution in [3.8, 4) is 0 Å². The Bertz CT molecular complexity index is 506. The van der Waals surface area contributed by atoms with E-state index < -0.39 is 19.5 Å². The van der Waals surface area contributed by atoms with E-state index in [2.05, 4.69) is 14.8 Å². The minimum Gasteiger partial charge on any atom is -0.462 e. The molecule has 5 N–H and O–H groups in total. The normalized spacial score (nSPS) is 16.8. The molecule has 0 rings (SSSR count). The van der Waals surface area contributed by atoms with Crippen molar-refractivity contribution in [3.63, 3.8) is 0 Å². The van der Waals surface area contributed by atoms with Gasteiger partial charge in [0.25, 0.3) is 7.44 Å². The molecule has 11 heteroatoms. The molecule has 0 bridgehead atoms. The summed E-state index contributed by atoms with van der Waals surface area (Å²) in [6.07, 6.45) is -0.545. The molecule has 0 aromatic heterocycles. The Hall–Kier alpha value is -1.64. The number of aliphatic imine (C=N–C) groups is 1. The Morgan fingerprint density at radius 3 is 2.30 bits per heavy atom. The molecule has 10 nitrogen and oxygen atoms in total. The Balaban J connectivity index is 5.23. The maximum atomic E-state index is 12.7. The topological polar surface area (TPSA) is 145 Å². The van der Waals surface area contributed by atoms with Crippen LogP contribution in [0.25, 0.3) is 0 Å². The van der Waals surface area contributed by atoms with Gasteiger partial charge in [-0.25, -0.2) is 5.09 Å². The number of carbonyl (C=O) groups is 1. The summed E-state index contributed by atoms with van der Waals surface area (Å²) >= 11 is 0. The summed E-state index contributed by atoms with van der Waals surface area (Å²) in [6, 6.07) is -0.856. The second kappa shape index (κ2) is 9.49. The van der Waals surface area contributed by atoms with Crippen LogP contribution in [0.15, 0.2) is 9.76 Å². The molecule has 0 aliphatic carbocycles. The maximum absolute atomic E-state index is 12.7. The maximum Gasteiger partial charge on any atom is 0.323 e. The molecule has 0 amide bonds. The van der Waals surface area contributed by atoms with Crippen LogP contribution in [0.1, 0.15) is 20.8 Å². The molecule has 0 heterocycles. The van der Waals surface area contributed by atoms with Gasteiger partial charge in [-0.2, -0.15) is 9.76 Å². The largest absolute Gasteiger partial charge is 0.462 e. The van der Waals surface area contributed by atoms with Gasteiger partial charge in [0.1, 0.15) is 12.4 Å². The number of guanidine groups is 2. The summed E-state index contributed by atoms with van der Waals surface area (Å²) in [5.74, 6) is -0.739. The van der Waals surface area contributed by atoms with Gasteiger partial charge in [0.2, 0.25) is 5.96 Å². The minimum absolute atomic E-state index is 0.0995. The van der Waals surface area contributed by atoms with Gasteiger partial charge in [-0.15, -0.1) is 0 Å². The first-order valence-corrected chi connectivity index (χ1v) is 8.78.